The van der Waals surface area contributed by atoms with E-state index in [1.54, 1.807) is 17.1 Å². The Morgan fingerprint density at radius 2 is 2.15 bits per heavy atom. The maximum atomic E-state index is 11.9. The van der Waals surface area contributed by atoms with Gasteiger partial charge in [0.25, 0.3) is 0 Å². The third-order valence-electron chi connectivity index (χ3n) is 3.25. The number of hydrogen-bond acceptors (Lipinski definition) is 4. The van der Waals surface area contributed by atoms with Crippen molar-refractivity contribution in [2.45, 2.75) is 51.6 Å². The van der Waals surface area contributed by atoms with E-state index in [1.807, 2.05) is 13.8 Å². The van der Waals surface area contributed by atoms with Crippen LogP contribution in [0.25, 0.3) is 0 Å². The Hall–Kier alpha value is -1.08. The molecule has 1 heterocycles. The Balaban J connectivity index is 1.71. The number of unbranched alkanes of at least 4 members (excludes halogenated alkanes) is 1. The lowest BCUT2D eigenvalue weighted by molar-refractivity contribution is 0.532. The van der Waals surface area contributed by atoms with E-state index in [9.17, 15) is 8.42 Å². The summed E-state index contributed by atoms with van der Waals surface area (Å²) in [6.07, 6.45) is 7.36. The van der Waals surface area contributed by atoms with E-state index < -0.39 is 10.0 Å². The largest absolute Gasteiger partial charge is 0.314 e. The Morgan fingerprint density at radius 1 is 1.40 bits per heavy atom. The fourth-order valence-corrected chi connectivity index (χ4v) is 3.07. The van der Waals surface area contributed by atoms with Gasteiger partial charge in [0.1, 0.15) is 0 Å². The van der Waals surface area contributed by atoms with Gasteiger partial charge in [-0.05, 0) is 46.1 Å². The van der Waals surface area contributed by atoms with Gasteiger partial charge in [-0.2, -0.15) is 5.10 Å². The first-order chi connectivity index (χ1) is 9.46. The molecule has 1 aliphatic carbocycles. The number of nitrogens with zero attached hydrogens (tertiary/aromatic N) is 2. The molecule has 0 amide bonds. The third-order valence-corrected chi connectivity index (χ3v) is 4.63. The van der Waals surface area contributed by atoms with Gasteiger partial charge in [-0.1, -0.05) is 0 Å². The molecule has 2 N–H and O–H groups in total. The van der Waals surface area contributed by atoms with Crippen molar-refractivity contribution < 1.29 is 8.42 Å². The van der Waals surface area contributed by atoms with Crippen molar-refractivity contribution in [1.82, 2.24) is 15.1 Å². The van der Waals surface area contributed by atoms with Crippen molar-refractivity contribution in [3.8, 4) is 0 Å². The van der Waals surface area contributed by atoms with Crippen LogP contribution in [0.3, 0.4) is 0 Å². The second-order valence-electron chi connectivity index (χ2n) is 5.66. The fourth-order valence-electron chi connectivity index (χ4n) is 1.91. The van der Waals surface area contributed by atoms with Gasteiger partial charge in [0.2, 0.25) is 10.0 Å². The lowest BCUT2D eigenvalue weighted by Crippen LogP contribution is -2.20. The van der Waals surface area contributed by atoms with Crippen LogP contribution in [0.4, 0.5) is 5.69 Å². The van der Waals surface area contributed by atoms with E-state index in [4.69, 9.17) is 0 Å². The second kappa shape index (κ2) is 6.58. The average Bonchev–Trinajstić information content (AvgIpc) is 3.06. The van der Waals surface area contributed by atoms with Gasteiger partial charge in [0.05, 0.1) is 17.6 Å². The molecule has 1 aliphatic rings. The van der Waals surface area contributed by atoms with Crippen molar-refractivity contribution >= 4 is 15.7 Å². The van der Waals surface area contributed by atoms with Gasteiger partial charge >= 0.3 is 0 Å². The van der Waals surface area contributed by atoms with E-state index in [0.717, 1.165) is 13.0 Å². The Morgan fingerprint density at radius 3 is 2.75 bits per heavy atom. The highest BCUT2D eigenvalue weighted by atomic mass is 32.2. The SMILES string of the molecule is CC(C)n1cc(NS(=O)(=O)CCCCNC2CC2)cn1. The molecule has 1 saturated carbocycles. The molecule has 0 saturated heterocycles. The Bertz CT molecular complexity index is 520. The van der Waals surface area contributed by atoms with Crippen LogP contribution < -0.4 is 10.0 Å². The Labute approximate surface area is 121 Å². The molecule has 0 atom stereocenters. The first-order valence-electron chi connectivity index (χ1n) is 7.24. The summed E-state index contributed by atoms with van der Waals surface area (Å²) in [6, 6.07) is 0.911. The van der Waals surface area contributed by atoms with Crippen LogP contribution in [0.2, 0.25) is 0 Å². The van der Waals surface area contributed by atoms with E-state index in [-0.39, 0.29) is 11.8 Å². The first-order valence-corrected chi connectivity index (χ1v) is 8.89. The minimum atomic E-state index is -3.26. The predicted octanol–water partition coefficient (Wildman–Crippen LogP) is 1.74. The molecule has 1 fully saturated rings. The predicted molar refractivity (Wildman–Crippen MR) is 80.3 cm³/mol. The molecule has 114 valence electrons. The number of hydrogen-bond donors (Lipinski definition) is 2. The van der Waals surface area contributed by atoms with Crippen LogP contribution in [0.5, 0.6) is 0 Å². The topological polar surface area (TPSA) is 76.0 Å². The van der Waals surface area contributed by atoms with Crippen LogP contribution in [-0.2, 0) is 10.0 Å². The number of anilines is 1. The van der Waals surface area contributed by atoms with E-state index in [1.165, 1.54) is 12.8 Å². The van der Waals surface area contributed by atoms with E-state index in [2.05, 4.69) is 15.1 Å². The molecule has 0 aliphatic heterocycles. The highest BCUT2D eigenvalue weighted by molar-refractivity contribution is 7.92. The molecule has 7 heteroatoms. The van der Waals surface area contributed by atoms with Crippen LogP contribution in [-0.4, -0.2) is 36.5 Å². The van der Waals surface area contributed by atoms with Gasteiger partial charge in [-0.3, -0.25) is 9.40 Å². The van der Waals surface area contributed by atoms with Crippen molar-refractivity contribution in [2.24, 2.45) is 0 Å². The van der Waals surface area contributed by atoms with E-state index in [0.29, 0.717) is 18.2 Å². The zero-order chi connectivity index (χ0) is 14.6. The maximum Gasteiger partial charge on any atom is 0.232 e. The lowest BCUT2D eigenvalue weighted by Gasteiger charge is -2.07. The molecule has 0 aromatic carbocycles. The number of sulfonamides is 1. The third kappa shape index (κ3) is 5.13. The zero-order valence-electron chi connectivity index (χ0n) is 12.2. The summed E-state index contributed by atoms with van der Waals surface area (Å²) in [5.41, 5.74) is 0.537. The highest BCUT2D eigenvalue weighted by Gasteiger charge is 2.19. The molecule has 0 spiro atoms. The van der Waals surface area contributed by atoms with E-state index >= 15 is 0 Å². The summed E-state index contributed by atoms with van der Waals surface area (Å²) in [6.45, 7) is 4.90. The molecule has 0 bridgehead atoms. The molecule has 1 aromatic heterocycles. The van der Waals surface area contributed by atoms with Crippen LogP contribution >= 0.6 is 0 Å². The van der Waals surface area contributed by atoms with Crippen molar-refractivity contribution in [3.63, 3.8) is 0 Å². The lowest BCUT2D eigenvalue weighted by atomic mass is 10.3. The standard InChI is InChI=1S/C13H24N4O2S/c1-11(2)17-10-13(9-15-17)16-20(18,19)8-4-3-7-14-12-5-6-12/h9-12,14,16H,3-8H2,1-2H3. The Kier molecular flexibility index (Phi) is 5.04. The van der Waals surface area contributed by atoms with Gasteiger partial charge < -0.3 is 5.32 Å². The molecule has 2 rings (SSSR count). The van der Waals surface area contributed by atoms with Crippen molar-refractivity contribution in [2.75, 3.05) is 17.0 Å². The summed E-state index contributed by atoms with van der Waals surface area (Å²) in [7, 11) is -3.26. The van der Waals surface area contributed by atoms with Gasteiger partial charge in [-0.25, -0.2) is 8.42 Å². The molecule has 0 unspecified atom stereocenters. The van der Waals surface area contributed by atoms with Crippen LogP contribution in [0, 0.1) is 0 Å². The average molecular weight is 300 g/mol. The molecule has 1 aromatic rings. The van der Waals surface area contributed by atoms with Crippen LogP contribution in [0.15, 0.2) is 12.4 Å². The van der Waals surface area contributed by atoms with Crippen molar-refractivity contribution in [1.29, 1.82) is 0 Å². The van der Waals surface area contributed by atoms with Gasteiger partial charge in [0.15, 0.2) is 0 Å². The molecule has 20 heavy (non-hydrogen) atoms. The summed E-state index contributed by atoms with van der Waals surface area (Å²) >= 11 is 0. The zero-order valence-corrected chi connectivity index (χ0v) is 13.0. The minimum Gasteiger partial charge on any atom is -0.314 e. The summed E-state index contributed by atoms with van der Waals surface area (Å²) in [5.74, 6) is 0.159. The number of nitrogens with one attached hydrogen (secondary N) is 2. The van der Waals surface area contributed by atoms with Crippen LogP contribution in [0.1, 0.15) is 45.6 Å². The molecule has 6 nitrogen and oxygen atoms in total. The minimum absolute atomic E-state index is 0.159. The fraction of sp³-hybridized carbons (Fsp3) is 0.769. The summed E-state index contributed by atoms with van der Waals surface area (Å²) in [4.78, 5) is 0. The molecule has 0 radical (unpaired) electrons. The first kappa shape index (κ1) is 15.3. The normalized spacial score (nSPS) is 15.8. The quantitative estimate of drug-likeness (QED) is 0.681. The van der Waals surface area contributed by atoms with Gasteiger partial charge in [-0.15, -0.1) is 0 Å². The highest BCUT2D eigenvalue weighted by Crippen LogP contribution is 2.18. The van der Waals surface area contributed by atoms with Crippen molar-refractivity contribution in [3.05, 3.63) is 12.4 Å². The number of rotatable bonds is 9. The molecular weight excluding hydrogens is 276 g/mol. The maximum absolute atomic E-state index is 11.9. The monoisotopic (exact) mass is 300 g/mol. The van der Waals surface area contributed by atoms with Gasteiger partial charge in [0, 0.05) is 18.3 Å². The summed E-state index contributed by atoms with van der Waals surface area (Å²) < 4.78 is 28.1. The number of aromatic nitrogens is 2. The molecular formula is C13H24N4O2S. The smallest absolute Gasteiger partial charge is 0.232 e. The second-order valence-corrected chi connectivity index (χ2v) is 7.50. The summed E-state index contributed by atoms with van der Waals surface area (Å²) in [5, 5.41) is 7.50.